The lowest BCUT2D eigenvalue weighted by atomic mass is 10.1. The number of carbonyl (C=O) groups excluding carboxylic acids is 1. The standard InChI is InChI=1S/C16H15ClN2O/c17-15-8-4-7-14(11-15)12-18-19-16(20)10-9-13-5-2-1-3-6-13/h1-8,11-12H,9-10H2,(H,19,20)/b18-12+. The van der Waals surface area contributed by atoms with Crippen LogP contribution in [0.1, 0.15) is 17.5 Å². The summed E-state index contributed by atoms with van der Waals surface area (Å²) in [6, 6.07) is 17.2. The van der Waals surface area contributed by atoms with Gasteiger partial charge in [0, 0.05) is 11.4 Å². The molecule has 0 saturated heterocycles. The van der Waals surface area contributed by atoms with E-state index in [2.05, 4.69) is 10.5 Å². The van der Waals surface area contributed by atoms with Crippen LogP contribution in [-0.2, 0) is 11.2 Å². The fraction of sp³-hybridized carbons (Fsp3) is 0.125. The lowest BCUT2D eigenvalue weighted by Crippen LogP contribution is -2.17. The molecule has 0 spiro atoms. The average molecular weight is 287 g/mol. The number of rotatable bonds is 5. The van der Waals surface area contributed by atoms with Crippen LogP contribution in [0.4, 0.5) is 0 Å². The third kappa shape index (κ3) is 4.86. The average Bonchev–Trinajstić information content (AvgIpc) is 2.46. The Kier molecular flexibility index (Phi) is 5.33. The first-order chi connectivity index (χ1) is 9.74. The Morgan fingerprint density at radius 1 is 1.15 bits per heavy atom. The van der Waals surface area contributed by atoms with Gasteiger partial charge < -0.3 is 0 Å². The van der Waals surface area contributed by atoms with Crippen molar-refractivity contribution in [3.8, 4) is 0 Å². The summed E-state index contributed by atoms with van der Waals surface area (Å²) in [5, 5.41) is 4.55. The summed E-state index contributed by atoms with van der Waals surface area (Å²) < 4.78 is 0. The zero-order valence-corrected chi connectivity index (χ0v) is 11.7. The first kappa shape index (κ1) is 14.3. The van der Waals surface area contributed by atoms with Crippen LogP contribution >= 0.6 is 11.6 Å². The minimum absolute atomic E-state index is 0.105. The fourth-order valence-electron chi connectivity index (χ4n) is 1.72. The number of carbonyl (C=O) groups is 1. The Bertz CT molecular complexity index is 596. The molecule has 0 aliphatic rings. The molecule has 0 atom stereocenters. The molecule has 0 unspecified atom stereocenters. The summed E-state index contributed by atoms with van der Waals surface area (Å²) in [6.45, 7) is 0. The highest BCUT2D eigenvalue weighted by Crippen LogP contribution is 2.08. The minimum atomic E-state index is -0.105. The van der Waals surface area contributed by atoms with Crippen molar-refractivity contribution in [3.05, 3.63) is 70.7 Å². The maximum Gasteiger partial charge on any atom is 0.240 e. The van der Waals surface area contributed by atoms with E-state index in [4.69, 9.17) is 11.6 Å². The summed E-state index contributed by atoms with van der Waals surface area (Å²) in [5.41, 5.74) is 4.50. The lowest BCUT2D eigenvalue weighted by Gasteiger charge is -2.00. The second-order valence-electron chi connectivity index (χ2n) is 4.33. The van der Waals surface area contributed by atoms with Gasteiger partial charge in [-0.3, -0.25) is 4.79 Å². The molecule has 0 aliphatic carbocycles. The van der Waals surface area contributed by atoms with Gasteiger partial charge in [0.25, 0.3) is 0 Å². The molecular formula is C16H15ClN2O. The van der Waals surface area contributed by atoms with Crippen LogP contribution in [0.5, 0.6) is 0 Å². The molecule has 0 bridgehead atoms. The molecule has 0 fully saturated rings. The van der Waals surface area contributed by atoms with E-state index in [1.54, 1.807) is 18.3 Å². The summed E-state index contributed by atoms with van der Waals surface area (Å²) >= 11 is 5.85. The SMILES string of the molecule is O=C(CCc1ccccc1)N/N=C/c1cccc(Cl)c1. The lowest BCUT2D eigenvalue weighted by molar-refractivity contribution is -0.121. The third-order valence-electron chi connectivity index (χ3n) is 2.74. The van der Waals surface area contributed by atoms with E-state index in [1.807, 2.05) is 42.5 Å². The Morgan fingerprint density at radius 3 is 2.70 bits per heavy atom. The highest BCUT2D eigenvalue weighted by atomic mass is 35.5. The fourth-order valence-corrected chi connectivity index (χ4v) is 1.92. The zero-order chi connectivity index (χ0) is 14.2. The predicted molar refractivity (Wildman–Crippen MR) is 82.0 cm³/mol. The van der Waals surface area contributed by atoms with Gasteiger partial charge in [0.2, 0.25) is 5.91 Å². The Balaban J connectivity index is 1.78. The minimum Gasteiger partial charge on any atom is -0.273 e. The van der Waals surface area contributed by atoms with Crippen molar-refractivity contribution >= 4 is 23.7 Å². The van der Waals surface area contributed by atoms with Gasteiger partial charge in [-0.1, -0.05) is 54.1 Å². The first-order valence-electron chi connectivity index (χ1n) is 6.35. The van der Waals surface area contributed by atoms with Crippen molar-refractivity contribution in [1.82, 2.24) is 5.43 Å². The number of nitrogens with one attached hydrogen (secondary N) is 1. The van der Waals surface area contributed by atoms with E-state index in [9.17, 15) is 4.79 Å². The quantitative estimate of drug-likeness (QED) is 0.664. The highest BCUT2D eigenvalue weighted by molar-refractivity contribution is 6.30. The maximum absolute atomic E-state index is 11.6. The molecule has 0 saturated carbocycles. The van der Waals surface area contributed by atoms with E-state index in [0.717, 1.165) is 11.1 Å². The maximum atomic E-state index is 11.6. The summed E-state index contributed by atoms with van der Waals surface area (Å²) in [7, 11) is 0. The van der Waals surface area contributed by atoms with Crippen LogP contribution < -0.4 is 5.43 Å². The molecule has 2 aromatic carbocycles. The monoisotopic (exact) mass is 286 g/mol. The van der Waals surface area contributed by atoms with E-state index in [-0.39, 0.29) is 5.91 Å². The Labute approximate surface area is 123 Å². The molecule has 0 heterocycles. The van der Waals surface area contributed by atoms with Gasteiger partial charge in [-0.15, -0.1) is 0 Å². The topological polar surface area (TPSA) is 41.5 Å². The number of benzene rings is 2. The van der Waals surface area contributed by atoms with E-state index < -0.39 is 0 Å². The molecule has 3 nitrogen and oxygen atoms in total. The van der Waals surface area contributed by atoms with E-state index in [0.29, 0.717) is 17.9 Å². The molecular weight excluding hydrogens is 272 g/mol. The molecule has 102 valence electrons. The van der Waals surface area contributed by atoms with Crippen LogP contribution in [0.3, 0.4) is 0 Å². The first-order valence-corrected chi connectivity index (χ1v) is 6.73. The van der Waals surface area contributed by atoms with Crippen LogP contribution in [-0.4, -0.2) is 12.1 Å². The smallest absolute Gasteiger partial charge is 0.240 e. The summed E-state index contributed by atoms with van der Waals surface area (Å²) in [5.74, 6) is -0.105. The van der Waals surface area contributed by atoms with Gasteiger partial charge in [-0.2, -0.15) is 5.10 Å². The van der Waals surface area contributed by atoms with Gasteiger partial charge in [0.1, 0.15) is 0 Å². The molecule has 2 rings (SSSR count). The number of hydrogen-bond acceptors (Lipinski definition) is 2. The molecule has 1 N–H and O–H groups in total. The van der Waals surface area contributed by atoms with Crippen molar-refractivity contribution < 1.29 is 4.79 Å². The largest absolute Gasteiger partial charge is 0.273 e. The van der Waals surface area contributed by atoms with Crippen molar-refractivity contribution in [2.24, 2.45) is 5.10 Å². The molecule has 4 heteroatoms. The van der Waals surface area contributed by atoms with Crippen molar-refractivity contribution in [3.63, 3.8) is 0 Å². The van der Waals surface area contributed by atoms with Crippen molar-refractivity contribution in [1.29, 1.82) is 0 Å². The van der Waals surface area contributed by atoms with Gasteiger partial charge in [-0.25, -0.2) is 5.43 Å². The van der Waals surface area contributed by atoms with Crippen LogP contribution in [0, 0.1) is 0 Å². The second kappa shape index (κ2) is 7.46. The third-order valence-corrected chi connectivity index (χ3v) is 2.97. The number of nitrogens with zero attached hydrogens (tertiary/aromatic N) is 1. The summed E-state index contributed by atoms with van der Waals surface area (Å²) in [6.07, 6.45) is 2.70. The van der Waals surface area contributed by atoms with E-state index >= 15 is 0 Å². The van der Waals surface area contributed by atoms with Crippen LogP contribution in [0.2, 0.25) is 5.02 Å². The number of aryl methyl sites for hydroxylation is 1. The van der Waals surface area contributed by atoms with Crippen molar-refractivity contribution in [2.75, 3.05) is 0 Å². The van der Waals surface area contributed by atoms with E-state index in [1.165, 1.54) is 0 Å². The zero-order valence-electron chi connectivity index (χ0n) is 10.9. The highest BCUT2D eigenvalue weighted by Gasteiger charge is 2.00. The molecule has 20 heavy (non-hydrogen) atoms. The van der Waals surface area contributed by atoms with Crippen LogP contribution in [0.25, 0.3) is 0 Å². The Hall–Kier alpha value is -2.13. The molecule has 1 amide bonds. The normalized spacial score (nSPS) is 10.7. The predicted octanol–water partition coefficient (Wildman–Crippen LogP) is 3.42. The molecule has 0 aromatic heterocycles. The number of hydrogen-bond donors (Lipinski definition) is 1. The van der Waals surface area contributed by atoms with Crippen LogP contribution in [0.15, 0.2) is 59.7 Å². The number of amides is 1. The number of halogens is 1. The molecule has 2 aromatic rings. The Morgan fingerprint density at radius 2 is 1.95 bits per heavy atom. The van der Waals surface area contributed by atoms with Gasteiger partial charge in [-0.05, 0) is 29.7 Å². The second-order valence-corrected chi connectivity index (χ2v) is 4.77. The van der Waals surface area contributed by atoms with Gasteiger partial charge in [0.05, 0.1) is 6.21 Å². The molecule has 0 radical (unpaired) electrons. The molecule has 0 aliphatic heterocycles. The van der Waals surface area contributed by atoms with Crippen molar-refractivity contribution in [2.45, 2.75) is 12.8 Å². The summed E-state index contributed by atoms with van der Waals surface area (Å²) in [4.78, 5) is 11.6. The van der Waals surface area contributed by atoms with Gasteiger partial charge >= 0.3 is 0 Å². The number of hydrazone groups is 1. The van der Waals surface area contributed by atoms with Gasteiger partial charge in [0.15, 0.2) is 0 Å².